The van der Waals surface area contributed by atoms with E-state index in [0.29, 0.717) is 0 Å². The first kappa shape index (κ1) is 15.8. The van der Waals surface area contributed by atoms with Crippen LogP contribution in [-0.2, 0) is 0 Å². The molecule has 0 atom stereocenters. The normalized spacial score (nSPS) is 12.6. The van der Waals surface area contributed by atoms with Crippen molar-refractivity contribution in [3.8, 4) is 0 Å². The van der Waals surface area contributed by atoms with Crippen molar-refractivity contribution in [3.63, 3.8) is 0 Å². The van der Waals surface area contributed by atoms with Crippen LogP contribution in [0.3, 0.4) is 0 Å². The summed E-state index contributed by atoms with van der Waals surface area (Å²) in [5.74, 6) is 0. The fourth-order valence-corrected chi connectivity index (χ4v) is 2.55. The molecule has 0 amide bonds. The Kier molecular flexibility index (Phi) is 4.87. The summed E-state index contributed by atoms with van der Waals surface area (Å²) in [7, 11) is 0. The zero-order valence-corrected chi connectivity index (χ0v) is 13.7. The Hall–Kier alpha value is -3.13. The fraction of sp³-hybridized carbons (Fsp3) is 0.0455. The van der Waals surface area contributed by atoms with E-state index in [1.165, 1.54) is 0 Å². The van der Waals surface area contributed by atoms with Gasteiger partial charge in [0.1, 0.15) is 0 Å². The summed E-state index contributed by atoms with van der Waals surface area (Å²) in [6.45, 7) is 2.02. The van der Waals surface area contributed by atoms with Gasteiger partial charge in [0.2, 0.25) is 0 Å². The molecule has 2 heteroatoms. The Labute approximate surface area is 143 Å². The second kappa shape index (κ2) is 7.42. The lowest BCUT2D eigenvalue weighted by molar-refractivity contribution is 1.41. The molecule has 2 nitrogen and oxygen atoms in total. The number of hydrogen-bond donors (Lipinski definition) is 1. The topological polar surface area (TPSA) is 38.4 Å². The van der Waals surface area contributed by atoms with Crippen molar-refractivity contribution in [1.29, 1.82) is 0 Å². The molecule has 0 aliphatic carbocycles. The molecule has 2 N–H and O–H groups in total. The number of rotatable bonds is 4. The summed E-state index contributed by atoms with van der Waals surface area (Å²) >= 11 is 0. The van der Waals surface area contributed by atoms with Gasteiger partial charge in [0.05, 0.1) is 11.4 Å². The van der Waals surface area contributed by atoms with Crippen LogP contribution in [-0.4, -0.2) is 5.71 Å². The highest BCUT2D eigenvalue weighted by Gasteiger charge is 2.11. The number of para-hydroxylation sites is 1. The summed E-state index contributed by atoms with van der Waals surface area (Å²) in [6.07, 6.45) is 0. The van der Waals surface area contributed by atoms with Crippen molar-refractivity contribution >= 4 is 17.1 Å². The SMILES string of the molecule is C/C(C(=Nc1ccccc1)c1ccccc1)=C(\N)c1ccccc1. The molecule has 118 valence electrons. The third-order valence-corrected chi connectivity index (χ3v) is 3.89. The molecule has 0 saturated carbocycles. The first-order valence-corrected chi connectivity index (χ1v) is 7.97. The third kappa shape index (κ3) is 3.61. The highest BCUT2D eigenvalue weighted by atomic mass is 14.8. The first-order valence-electron chi connectivity index (χ1n) is 7.97. The second-order valence-corrected chi connectivity index (χ2v) is 5.57. The van der Waals surface area contributed by atoms with Crippen LogP contribution in [0, 0.1) is 0 Å². The van der Waals surface area contributed by atoms with Gasteiger partial charge in [-0.05, 0) is 30.2 Å². The molecule has 0 radical (unpaired) electrons. The monoisotopic (exact) mass is 312 g/mol. The molecule has 3 aromatic carbocycles. The molecule has 0 bridgehead atoms. The van der Waals surface area contributed by atoms with Crippen molar-refractivity contribution in [2.75, 3.05) is 0 Å². The average molecular weight is 312 g/mol. The number of hydrogen-bond acceptors (Lipinski definition) is 2. The summed E-state index contributed by atoms with van der Waals surface area (Å²) in [5.41, 5.74) is 12.0. The van der Waals surface area contributed by atoms with Gasteiger partial charge in [-0.1, -0.05) is 78.9 Å². The molecule has 0 heterocycles. The van der Waals surface area contributed by atoms with E-state index in [2.05, 4.69) is 12.1 Å². The third-order valence-electron chi connectivity index (χ3n) is 3.89. The van der Waals surface area contributed by atoms with Crippen LogP contribution in [0.25, 0.3) is 5.70 Å². The standard InChI is InChI=1S/C22H20N2/c1-17(21(23)18-11-5-2-6-12-18)22(19-13-7-3-8-14-19)24-20-15-9-4-10-16-20/h2-16H,23H2,1H3/b21-17+,24-22?. The molecule has 0 aromatic heterocycles. The van der Waals surface area contributed by atoms with Crippen LogP contribution in [0.5, 0.6) is 0 Å². The van der Waals surface area contributed by atoms with E-state index >= 15 is 0 Å². The predicted molar refractivity (Wildman–Crippen MR) is 102 cm³/mol. The first-order chi connectivity index (χ1) is 11.8. The Balaban J connectivity index is 2.13. The second-order valence-electron chi connectivity index (χ2n) is 5.57. The van der Waals surface area contributed by atoms with Gasteiger partial charge in [-0.15, -0.1) is 0 Å². The summed E-state index contributed by atoms with van der Waals surface area (Å²) < 4.78 is 0. The van der Waals surface area contributed by atoms with Crippen molar-refractivity contribution in [1.82, 2.24) is 0 Å². The highest BCUT2D eigenvalue weighted by Crippen LogP contribution is 2.21. The largest absolute Gasteiger partial charge is 0.398 e. The number of nitrogens with zero attached hydrogens (tertiary/aromatic N) is 1. The summed E-state index contributed by atoms with van der Waals surface area (Å²) in [6, 6.07) is 30.1. The van der Waals surface area contributed by atoms with Crippen molar-refractivity contribution in [2.45, 2.75) is 6.92 Å². The van der Waals surface area contributed by atoms with Crippen LogP contribution >= 0.6 is 0 Å². The molecule has 0 fully saturated rings. The van der Waals surface area contributed by atoms with Gasteiger partial charge >= 0.3 is 0 Å². The Morgan fingerprint density at radius 3 is 1.67 bits per heavy atom. The molecule has 0 unspecified atom stereocenters. The zero-order chi connectivity index (χ0) is 16.8. The minimum atomic E-state index is 0.745. The predicted octanol–water partition coefficient (Wildman–Crippen LogP) is 5.20. The number of allylic oxidation sites excluding steroid dienone is 1. The molecule has 0 aliphatic rings. The Morgan fingerprint density at radius 1 is 0.667 bits per heavy atom. The lowest BCUT2D eigenvalue weighted by Crippen LogP contribution is -2.09. The summed E-state index contributed by atoms with van der Waals surface area (Å²) in [5, 5.41) is 0. The Bertz CT molecular complexity index is 848. The van der Waals surface area contributed by atoms with Gasteiger partial charge in [-0.2, -0.15) is 0 Å². The van der Waals surface area contributed by atoms with E-state index in [1.54, 1.807) is 0 Å². The molecule has 24 heavy (non-hydrogen) atoms. The minimum absolute atomic E-state index is 0.745. The molecule has 0 spiro atoms. The molecule has 0 saturated heterocycles. The molecule has 3 aromatic rings. The fourth-order valence-electron chi connectivity index (χ4n) is 2.55. The van der Waals surface area contributed by atoms with E-state index in [-0.39, 0.29) is 0 Å². The van der Waals surface area contributed by atoms with Crippen LogP contribution in [0.2, 0.25) is 0 Å². The molecular weight excluding hydrogens is 292 g/mol. The van der Waals surface area contributed by atoms with Gasteiger partial charge in [0.25, 0.3) is 0 Å². The smallest absolute Gasteiger partial charge is 0.0759 e. The van der Waals surface area contributed by atoms with Crippen molar-refractivity contribution in [3.05, 3.63) is 108 Å². The van der Waals surface area contributed by atoms with Crippen LogP contribution < -0.4 is 5.73 Å². The number of nitrogens with two attached hydrogens (primary N) is 1. The molecular formula is C22H20N2. The quantitative estimate of drug-likeness (QED) is 0.661. The maximum absolute atomic E-state index is 6.43. The van der Waals surface area contributed by atoms with E-state index in [1.807, 2.05) is 85.8 Å². The zero-order valence-electron chi connectivity index (χ0n) is 13.7. The molecule has 3 rings (SSSR count). The van der Waals surface area contributed by atoms with Crippen LogP contribution in [0.1, 0.15) is 18.1 Å². The minimum Gasteiger partial charge on any atom is -0.398 e. The van der Waals surface area contributed by atoms with Crippen molar-refractivity contribution < 1.29 is 0 Å². The van der Waals surface area contributed by atoms with Crippen molar-refractivity contribution in [2.24, 2.45) is 10.7 Å². The summed E-state index contributed by atoms with van der Waals surface area (Å²) in [4.78, 5) is 4.85. The van der Waals surface area contributed by atoms with Gasteiger partial charge in [0, 0.05) is 11.3 Å². The number of benzene rings is 3. The lowest BCUT2D eigenvalue weighted by atomic mass is 9.98. The maximum Gasteiger partial charge on any atom is 0.0759 e. The van der Waals surface area contributed by atoms with E-state index < -0.39 is 0 Å². The maximum atomic E-state index is 6.43. The van der Waals surface area contributed by atoms with Gasteiger partial charge in [-0.3, -0.25) is 0 Å². The van der Waals surface area contributed by atoms with E-state index in [0.717, 1.165) is 33.8 Å². The highest BCUT2D eigenvalue weighted by molar-refractivity contribution is 6.16. The molecule has 0 aliphatic heterocycles. The van der Waals surface area contributed by atoms with Crippen LogP contribution in [0.15, 0.2) is 102 Å². The Morgan fingerprint density at radius 2 is 1.12 bits per heavy atom. The van der Waals surface area contributed by atoms with Crippen LogP contribution in [0.4, 0.5) is 5.69 Å². The average Bonchev–Trinajstić information content (AvgIpc) is 2.67. The van der Waals surface area contributed by atoms with E-state index in [9.17, 15) is 0 Å². The van der Waals surface area contributed by atoms with Gasteiger partial charge in [-0.25, -0.2) is 4.99 Å². The van der Waals surface area contributed by atoms with Gasteiger partial charge in [0.15, 0.2) is 0 Å². The van der Waals surface area contributed by atoms with E-state index in [4.69, 9.17) is 10.7 Å². The number of aliphatic imine (C=N–C) groups is 1. The lowest BCUT2D eigenvalue weighted by Gasteiger charge is -2.12. The van der Waals surface area contributed by atoms with Gasteiger partial charge < -0.3 is 5.73 Å².